The fourth-order valence-electron chi connectivity index (χ4n) is 4.12. The molecule has 154 valence electrons. The fourth-order valence-corrected chi connectivity index (χ4v) is 4.52. The summed E-state index contributed by atoms with van der Waals surface area (Å²) in [5, 5.41) is 0.900. The third-order valence-corrected chi connectivity index (χ3v) is 6.25. The maximum atomic E-state index is 13.6. The predicted molar refractivity (Wildman–Crippen MR) is 129 cm³/mol. The topological polar surface area (TPSA) is 36.4 Å². The van der Waals surface area contributed by atoms with E-state index in [1.54, 1.807) is 0 Å². The van der Waals surface area contributed by atoms with Gasteiger partial charge in [0.2, 0.25) is 0 Å². The highest BCUT2D eigenvalue weighted by atomic mass is 79.9. The van der Waals surface area contributed by atoms with Gasteiger partial charge in [-0.3, -0.25) is 4.79 Å². The van der Waals surface area contributed by atoms with Gasteiger partial charge in [0.05, 0.1) is 16.8 Å². The monoisotopic (exact) mass is 471 g/mol. The van der Waals surface area contributed by atoms with Crippen LogP contribution in [0.2, 0.25) is 0 Å². The van der Waals surface area contributed by atoms with E-state index in [-0.39, 0.29) is 5.91 Å². The van der Waals surface area contributed by atoms with Crippen molar-refractivity contribution >= 4 is 38.4 Å². The Balaban J connectivity index is 1.46. The van der Waals surface area contributed by atoms with Gasteiger partial charge in [-0.05, 0) is 36.4 Å². The average molecular weight is 472 g/mol. The van der Waals surface area contributed by atoms with Gasteiger partial charge in [0.25, 0.3) is 5.91 Å². The highest BCUT2D eigenvalue weighted by Gasteiger charge is 2.24. The number of benzene rings is 3. The van der Waals surface area contributed by atoms with Crippen LogP contribution >= 0.6 is 15.9 Å². The summed E-state index contributed by atoms with van der Waals surface area (Å²) in [7, 11) is 0. The maximum absolute atomic E-state index is 13.6. The zero-order chi connectivity index (χ0) is 21.2. The Morgan fingerprint density at radius 3 is 2.32 bits per heavy atom. The first-order valence-electron chi connectivity index (χ1n) is 10.4. The van der Waals surface area contributed by atoms with Crippen LogP contribution in [0.1, 0.15) is 10.4 Å². The van der Waals surface area contributed by atoms with E-state index < -0.39 is 0 Å². The molecule has 3 aromatic carbocycles. The molecule has 1 aliphatic heterocycles. The summed E-state index contributed by atoms with van der Waals surface area (Å²) in [5.41, 5.74) is 4.57. The third-order valence-electron chi connectivity index (χ3n) is 5.76. The summed E-state index contributed by atoms with van der Waals surface area (Å²) < 4.78 is 0.991. The summed E-state index contributed by atoms with van der Waals surface area (Å²) in [6.45, 7) is 3.07. The lowest BCUT2D eigenvalue weighted by atomic mass is 10.0. The molecule has 1 aromatic heterocycles. The summed E-state index contributed by atoms with van der Waals surface area (Å²) in [5.74, 6) is 0.0718. The van der Waals surface area contributed by atoms with E-state index in [0.717, 1.165) is 39.7 Å². The van der Waals surface area contributed by atoms with Crippen LogP contribution in [0.25, 0.3) is 22.2 Å². The van der Waals surface area contributed by atoms with Gasteiger partial charge in [-0.25, -0.2) is 4.98 Å². The van der Waals surface area contributed by atoms with Crippen molar-refractivity contribution in [3.05, 3.63) is 95.0 Å². The van der Waals surface area contributed by atoms with Crippen molar-refractivity contribution in [3.8, 4) is 11.3 Å². The van der Waals surface area contributed by atoms with Gasteiger partial charge < -0.3 is 9.80 Å². The van der Waals surface area contributed by atoms with Crippen LogP contribution in [0, 0.1) is 0 Å². The Hall–Kier alpha value is -3.18. The van der Waals surface area contributed by atoms with Crippen LogP contribution in [0.4, 0.5) is 5.69 Å². The van der Waals surface area contributed by atoms with Crippen LogP contribution in [-0.2, 0) is 0 Å². The van der Waals surface area contributed by atoms with Crippen molar-refractivity contribution in [3.63, 3.8) is 0 Å². The number of para-hydroxylation sites is 2. The van der Waals surface area contributed by atoms with E-state index in [2.05, 4.69) is 45.1 Å². The van der Waals surface area contributed by atoms with Crippen LogP contribution in [0.15, 0.2) is 89.4 Å². The van der Waals surface area contributed by atoms with Crippen molar-refractivity contribution in [2.75, 3.05) is 31.1 Å². The lowest BCUT2D eigenvalue weighted by Crippen LogP contribution is -2.48. The maximum Gasteiger partial charge on any atom is 0.254 e. The molecule has 0 saturated carbocycles. The van der Waals surface area contributed by atoms with E-state index in [1.165, 1.54) is 5.69 Å². The number of piperazine rings is 1. The van der Waals surface area contributed by atoms with Crippen molar-refractivity contribution in [2.45, 2.75) is 0 Å². The Kier molecular flexibility index (Phi) is 5.43. The van der Waals surface area contributed by atoms with Crippen LogP contribution in [0.5, 0.6) is 0 Å². The number of anilines is 1. The van der Waals surface area contributed by atoms with Gasteiger partial charge >= 0.3 is 0 Å². The molecule has 0 aliphatic carbocycles. The molecule has 0 spiro atoms. The molecular formula is C26H22BrN3O. The quantitative estimate of drug-likeness (QED) is 0.388. The first kappa shape index (κ1) is 19.8. The lowest BCUT2D eigenvalue weighted by molar-refractivity contribution is 0.0748. The number of hydrogen-bond acceptors (Lipinski definition) is 3. The van der Waals surface area contributed by atoms with E-state index in [9.17, 15) is 4.79 Å². The molecule has 0 bridgehead atoms. The molecule has 4 aromatic rings. The first-order chi connectivity index (χ1) is 15.2. The van der Waals surface area contributed by atoms with Gasteiger partial charge in [0, 0.05) is 47.3 Å². The summed E-state index contributed by atoms with van der Waals surface area (Å²) in [6.07, 6.45) is 0. The molecule has 1 aliphatic rings. The molecule has 1 amide bonds. The van der Waals surface area contributed by atoms with Gasteiger partial charge in [0.15, 0.2) is 0 Å². The standard InChI is InChI=1S/C26H22BrN3O/c27-20-8-6-7-19(17-20)25-18-23(22-11-4-5-12-24(22)28-25)26(31)30-15-13-29(14-16-30)21-9-2-1-3-10-21/h1-12,17-18H,13-16H2. The summed E-state index contributed by atoms with van der Waals surface area (Å²) in [4.78, 5) is 22.7. The number of carbonyl (C=O) groups excluding carboxylic acids is 1. The number of rotatable bonds is 3. The SMILES string of the molecule is O=C(c1cc(-c2cccc(Br)c2)nc2ccccc12)N1CCN(c2ccccc2)CC1. The molecule has 0 unspecified atom stereocenters. The van der Waals surface area contributed by atoms with Gasteiger partial charge in [-0.1, -0.05) is 64.5 Å². The van der Waals surface area contributed by atoms with Gasteiger partial charge in [0.1, 0.15) is 0 Å². The number of halogens is 1. The molecule has 0 atom stereocenters. The largest absolute Gasteiger partial charge is 0.368 e. The zero-order valence-corrected chi connectivity index (χ0v) is 18.6. The number of nitrogens with zero attached hydrogens (tertiary/aromatic N) is 3. The molecule has 31 heavy (non-hydrogen) atoms. The predicted octanol–water partition coefficient (Wildman–Crippen LogP) is 5.63. The van der Waals surface area contributed by atoms with E-state index in [4.69, 9.17) is 4.98 Å². The van der Waals surface area contributed by atoms with Gasteiger partial charge in [-0.15, -0.1) is 0 Å². The fraction of sp³-hybridized carbons (Fsp3) is 0.154. The minimum atomic E-state index is 0.0718. The summed E-state index contributed by atoms with van der Waals surface area (Å²) in [6, 6.07) is 28.2. The lowest BCUT2D eigenvalue weighted by Gasteiger charge is -2.36. The Bertz CT molecular complexity index is 1230. The highest BCUT2D eigenvalue weighted by molar-refractivity contribution is 9.10. The Morgan fingerprint density at radius 2 is 1.55 bits per heavy atom. The molecule has 4 nitrogen and oxygen atoms in total. The second-order valence-electron chi connectivity index (χ2n) is 7.70. The van der Waals surface area contributed by atoms with Crippen LogP contribution < -0.4 is 4.90 Å². The molecule has 1 saturated heterocycles. The second kappa shape index (κ2) is 8.52. The van der Waals surface area contributed by atoms with Gasteiger partial charge in [-0.2, -0.15) is 0 Å². The molecular weight excluding hydrogens is 450 g/mol. The Labute approximate surface area is 190 Å². The number of carbonyl (C=O) groups is 1. The van der Waals surface area contributed by atoms with Crippen LogP contribution in [0.3, 0.4) is 0 Å². The molecule has 5 rings (SSSR count). The minimum Gasteiger partial charge on any atom is -0.368 e. The molecule has 2 heterocycles. The average Bonchev–Trinajstić information content (AvgIpc) is 2.83. The number of aromatic nitrogens is 1. The van der Waals surface area contributed by atoms with Crippen molar-refractivity contribution in [1.82, 2.24) is 9.88 Å². The normalized spacial score (nSPS) is 14.1. The number of pyridine rings is 1. The van der Waals surface area contributed by atoms with Crippen LogP contribution in [-0.4, -0.2) is 42.0 Å². The number of fused-ring (bicyclic) bond motifs is 1. The molecule has 0 radical (unpaired) electrons. The number of amides is 1. The summed E-state index contributed by atoms with van der Waals surface area (Å²) >= 11 is 3.54. The van der Waals surface area contributed by atoms with Crippen molar-refractivity contribution < 1.29 is 4.79 Å². The second-order valence-corrected chi connectivity index (χ2v) is 8.61. The number of hydrogen-bond donors (Lipinski definition) is 0. The smallest absolute Gasteiger partial charge is 0.254 e. The zero-order valence-electron chi connectivity index (χ0n) is 17.0. The molecule has 0 N–H and O–H groups in total. The van der Waals surface area contributed by atoms with E-state index >= 15 is 0 Å². The first-order valence-corrected chi connectivity index (χ1v) is 11.2. The van der Waals surface area contributed by atoms with Crippen molar-refractivity contribution in [2.24, 2.45) is 0 Å². The highest BCUT2D eigenvalue weighted by Crippen LogP contribution is 2.28. The van der Waals surface area contributed by atoms with Crippen molar-refractivity contribution in [1.29, 1.82) is 0 Å². The molecule has 1 fully saturated rings. The van der Waals surface area contributed by atoms with E-state index in [1.807, 2.05) is 65.6 Å². The molecule has 5 heteroatoms. The van der Waals surface area contributed by atoms with E-state index in [0.29, 0.717) is 18.7 Å². The minimum absolute atomic E-state index is 0.0718. The Morgan fingerprint density at radius 1 is 0.806 bits per heavy atom. The third kappa shape index (κ3) is 4.06.